The number of benzene rings is 1. The number of hydrogen-bond donors (Lipinski definition) is 1. The van der Waals surface area contributed by atoms with E-state index in [4.69, 9.17) is 4.74 Å². The third-order valence-electron chi connectivity index (χ3n) is 8.09. The molecule has 33 heavy (non-hydrogen) atoms. The number of Topliss-reactive ketones (excluding diaryl/α,β-unsaturated/α-hetero) is 3. The second kappa shape index (κ2) is 7.03. The molecule has 1 aromatic rings. The summed E-state index contributed by atoms with van der Waals surface area (Å²) >= 11 is 0. The summed E-state index contributed by atoms with van der Waals surface area (Å²) in [6.45, 7) is 0. The van der Waals surface area contributed by atoms with Crippen molar-refractivity contribution in [2.24, 2.45) is 17.8 Å². The van der Waals surface area contributed by atoms with E-state index >= 15 is 0 Å². The molecule has 2 heterocycles. The number of ketones is 3. The number of halogens is 2. The number of ether oxygens (including phenoxy) is 1. The Bertz CT molecular complexity index is 1130. The smallest absolute Gasteiger partial charge is 0.340 e. The number of alkyl halides is 2. The van der Waals surface area contributed by atoms with Crippen LogP contribution in [-0.2, 0) is 14.3 Å². The van der Waals surface area contributed by atoms with Crippen LogP contribution < -0.4 is 0 Å². The number of rotatable bonds is 1. The van der Waals surface area contributed by atoms with E-state index in [0.29, 0.717) is 11.1 Å². The average molecular weight is 457 g/mol. The van der Waals surface area contributed by atoms with Crippen molar-refractivity contribution in [3.63, 3.8) is 0 Å². The Morgan fingerprint density at radius 2 is 1.58 bits per heavy atom. The third-order valence-corrected chi connectivity index (χ3v) is 8.09. The van der Waals surface area contributed by atoms with E-state index in [9.17, 15) is 33.1 Å². The van der Waals surface area contributed by atoms with E-state index in [1.807, 2.05) is 0 Å². The predicted octanol–water partition coefficient (Wildman–Crippen LogP) is 2.15. The van der Waals surface area contributed by atoms with Gasteiger partial charge in [-0.3, -0.25) is 14.4 Å². The molecule has 0 bridgehead atoms. The van der Waals surface area contributed by atoms with Gasteiger partial charge in [-0.1, -0.05) is 24.3 Å². The van der Waals surface area contributed by atoms with E-state index in [1.165, 1.54) is 6.20 Å². The van der Waals surface area contributed by atoms with Gasteiger partial charge in [0, 0.05) is 35.1 Å². The Kier molecular flexibility index (Phi) is 4.40. The van der Waals surface area contributed by atoms with Gasteiger partial charge in [0.2, 0.25) is 0 Å². The van der Waals surface area contributed by atoms with E-state index in [2.05, 4.69) is 0 Å². The van der Waals surface area contributed by atoms with Crippen molar-refractivity contribution in [1.29, 1.82) is 0 Å². The van der Waals surface area contributed by atoms with Gasteiger partial charge >= 0.3 is 5.97 Å². The van der Waals surface area contributed by atoms with Gasteiger partial charge in [0.05, 0.1) is 18.2 Å². The van der Waals surface area contributed by atoms with E-state index in [0.717, 1.165) is 0 Å². The first-order chi connectivity index (χ1) is 15.8. The Labute approximate surface area is 187 Å². The van der Waals surface area contributed by atoms with E-state index in [1.54, 1.807) is 29.2 Å². The Balaban J connectivity index is 1.43. The molecule has 1 N–H and O–H groups in total. The van der Waals surface area contributed by atoms with E-state index < -0.39 is 78.1 Å². The van der Waals surface area contributed by atoms with Gasteiger partial charge in [0.1, 0.15) is 17.8 Å². The van der Waals surface area contributed by atoms with Crippen molar-refractivity contribution in [1.82, 2.24) is 4.90 Å². The zero-order chi connectivity index (χ0) is 23.2. The lowest BCUT2D eigenvalue weighted by atomic mass is 9.63. The number of carboxylic acid groups (broad SMARTS) is 1. The average Bonchev–Trinajstić information content (AvgIpc) is 2.81. The van der Waals surface area contributed by atoms with Gasteiger partial charge in [-0.2, -0.15) is 0 Å². The molecule has 7 nitrogen and oxygen atoms in total. The first-order valence-electron chi connectivity index (χ1n) is 11.2. The summed E-state index contributed by atoms with van der Waals surface area (Å²) < 4.78 is 35.5. The minimum absolute atomic E-state index is 0.145. The number of aliphatic carboxylic acids is 1. The minimum Gasteiger partial charge on any atom is -0.478 e. The number of carboxylic acids is 1. The molecule has 1 aromatic carbocycles. The van der Waals surface area contributed by atoms with Gasteiger partial charge in [0.15, 0.2) is 23.5 Å². The SMILES string of the molecule is O=C(O)C1=CN2C3CC4C(=O)c5ccccc5C(=O)C4CC3OC3C(F)C(F)CC(C1=O)C32. The molecule has 0 spiro atoms. The summed E-state index contributed by atoms with van der Waals surface area (Å²) in [5, 5.41) is 9.57. The van der Waals surface area contributed by atoms with Crippen LogP contribution in [-0.4, -0.2) is 70.0 Å². The topological polar surface area (TPSA) is 101 Å². The quantitative estimate of drug-likeness (QED) is 0.645. The Morgan fingerprint density at radius 1 is 0.939 bits per heavy atom. The maximum atomic E-state index is 14.9. The first-order valence-corrected chi connectivity index (χ1v) is 11.2. The zero-order valence-corrected chi connectivity index (χ0v) is 17.4. The molecule has 3 aliphatic carbocycles. The van der Waals surface area contributed by atoms with Crippen LogP contribution in [0.2, 0.25) is 0 Å². The van der Waals surface area contributed by atoms with Crippen molar-refractivity contribution in [2.45, 2.75) is 55.9 Å². The lowest BCUT2D eigenvalue weighted by molar-refractivity contribution is -0.214. The maximum Gasteiger partial charge on any atom is 0.340 e. The van der Waals surface area contributed by atoms with Gasteiger partial charge in [-0.25, -0.2) is 13.6 Å². The summed E-state index contributed by atoms with van der Waals surface area (Å²) in [5.74, 6) is -4.78. The number of nitrogens with zero attached hydrogens (tertiary/aromatic N) is 1. The highest BCUT2D eigenvalue weighted by Gasteiger charge is 2.61. The molecular formula is C24H21F2NO6. The van der Waals surface area contributed by atoms with Crippen molar-refractivity contribution >= 4 is 23.3 Å². The minimum atomic E-state index is -1.97. The van der Waals surface area contributed by atoms with Gasteiger partial charge in [-0.05, 0) is 19.3 Å². The molecule has 9 unspecified atom stereocenters. The largest absolute Gasteiger partial charge is 0.478 e. The molecule has 0 radical (unpaired) electrons. The van der Waals surface area contributed by atoms with Crippen LogP contribution in [0, 0.1) is 17.8 Å². The van der Waals surface area contributed by atoms with Crippen LogP contribution >= 0.6 is 0 Å². The molecular weight excluding hydrogens is 436 g/mol. The normalized spacial score (nSPS) is 41.4. The monoisotopic (exact) mass is 457 g/mol. The van der Waals surface area contributed by atoms with Crippen LogP contribution in [0.1, 0.15) is 40.0 Å². The highest BCUT2D eigenvalue weighted by atomic mass is 19.2. The number of carbonyl (C=O) groups is 4. The standard InChI is InChI=1S/C24H21F2NO6/c25-15-5-13-19-23(18(15)26)33-17-7-12-11(20(28)9-3-1-2-4-10(9)21(12)29)6-16(17)27(19)8-14(22(13)30)24(31)32/h1-4,8,11-13,15-19,23H,5-7H2,(H,31,32). The summed E-state index contributed by atoms with van der Waals surface area (Å²) in [6, 6.07) is 5.26. The third kappa shape index (κ3) is 2.74. The molecule has 5 aliphatic rings. The van der Waals surface area contributed by atoms with Gasteiger partial charge in [0.25, 0.3) is 0 Å². The van der Waals surface area contributed by atoms with Crippen LogP contribution in [0.4, 0.5) is 8.78 Å². The maximum absolute atomic E-state index is 14.9. The second-order valence-corrected chi connectivity index (χ2v) is 9.62. The van der Waals surface area contributed by atoms with Crippen LogP contribution in [0.5, 0.6) is 0 Å². The van der Waals surface area contributed by atoms with Crippen molar-refractivity contribution in [2.75, 3.05) is 0 Å². The summed E-state index contributed by atoms with van der Waals surface area (Å²) in [7, 11) is 0. The van der Waals surface area contributed by atoms with Gasteiger partial charge in [-0.15, -0.1) is 0 Å². The fourth-order valence-corrected chi connectivity index (χ4v) is 6.61. The van der Waals surface area contributed by atoms with Crippen molar-refractivity contribution in [3.8, 4) is 0 Å². The molecule has 6 rings (SSSR count). The summed E-state index contributed by atoms with van der Waals surface area (Å²) in [6.07, 6.45) is -4.72. The lowest BCUT2D eigenvalue weighted by Gasteiger charge is -2.59. The van der Waals surface area contributed by atoms with E-state index in [-0.39, 0.29) is 24.4 Å². The number of carbonyl (C=O) groups excluding carboxylic acids is 3. The number of morpholine rings is 1. The molecule has 172 valence electrons. The predicted molar refractivity (Wildman–Crippen MR) is 108 cm³/mol. The Hall–Kier alpha value is -2.94. The number of fused-ring (bicyclic) bond motifs is 4. The fraction of sp³-hybridized carbons (Fsp3) is 0.500. The second-order valence-electron chi connectivity index (χ2n) is 9.62. The highest BCUT2D eigenvalue weighted by molar-refractivity contribution is 6.18. The molecule has 0 aromatic heterocycles. The highest BCUT2D eigenvalue weighted by Crippen LogP contribution is 2.50. The summed E-state index contributed by atoms with van der Waals surface area (Å²) in [5.41, 5.74) is 0.253. The van der Waals surface area contributed by atoms with Crippen molar-refractivity contribution < 1.29 is 37.8 Å². The van der Waals surface area contributed by atoms with Gasteiger partial charge < -0.3 is 14.7 Å². The molecule has 0 amide bonds. The van der Waals surface area contributed by atoms with Crippen LogP contribution in [0.25, 0.3) is 0 Å². The van der Waals surface area contributed by atoms with Crippen LogP contribution in [0.3, 0.4) is 0 Å². The molecule has 9 heteroatoms. The Morgan fingerprint density at radius 3 is 2.21 bits per heavy atom. The molecule has 1 saturated heterocycles. The molecule has 2 saturated carbocycles. The first kappa shape index (κ1) is 20.7. The fourth-order valence-electron chi connectivity index (χ4n) is 6.61. The molecule has 9 atom stereocenters. The van der Waals surface area contributed by atoms with Crippen molar-refractivity contribution in [3.05, 3.63) is 47.2 Å². The lowest BCUT2D eigenvalue weighted by Crippen LogP contribution is -2.71. The molecule has 2 aliphatic heterocycles. The number of hydrogen-bond acceptors (Lipinski definition) is 6. The zero-order valence-electron chi connectivity index (χ0n) is 17.4. The van der Waals surface area contributed by atoms with Crippen LogP contribution in [0.15, 0.2) is 36.0 Å². The molecule has 3 fully saturated rings. The summed E-state index contributed by atoms with van der Waals surface area (Å²) in [4.78, 5) is 52.6.